The molecule has 1 N–H and O–H groups in total. The van der Waals surface area contributed by atoms with Crippen LogP contribution >= 0.6 is 0 Å². The van der Waals surface area contributed by atoms with Gasteiger partial charge in [-0.2, -0.15) is 0 Å². The number of hydrogen-bond acceptors (Lipinski definition) is 4. The predicted octanol–water partition coefficient (Wildman–Crippen LogP) is 0.791. The highest BCUT2D eigenvalue weighted by Gasteiger charge is 2.34. The number of amides is 1. The molecule has 1 aromatic rings. The van der Waals surface area contributed by atoms with Gasteiger partial charge in [-0.25, -0.2) is 0 Å². The molecule has 2 aliphatic heterocycles. The van der Waals surface area contributed by atoms with Gasteiger partial charge in [0.1, 0.15) is 5.75 Å². The molecule has 1 amide bonds. The zero-order valence-corrected chi connectivity index (χ0v) is 12.0. The molecule has 0 aromatic heterocycles. The fourth-order valence-corrected chi connectivity index (χ4v) is 2.27. The van der Waals surface area contributed by atoms with Gasteiger partial charge in [-0.1, -0.05) is 18.8 Å². The van der Waals surface area contributed by atoms with Crippen molar-refractivity contribution in [3.8, 4) is 17.6 Å². The fraction of sp³-hybridized carbons (Fsp3) is 0.438. The molecule has 0 saturated carbocycles. The van der Waals surface area contributed by atoms with Crippen LogP contribution in [0.4, 0.5) is 5.69 Å². The number of fused-ring (bicyclic) bond motifs is 1. The van der Waals surface area contributed by atoms with Crippen LogP contribution in [0.25, 0.3) is 0 Å². The van der Waals surface area contributed by atoms with Crippen molar-refractivity contribution in [1.82, 2.24) is 0 Å². The highest BCUT2D eigenvalue weighted by Crippen LogP contribution is 2.32. The van der Waals surface area contributed by atoms with Gasteiger partial charge in [0.25, 0.3) is 0 Å². The van der Waals surface area contributed by atoms with Gasteiger partial charge in [-0.3, -0.25) is 4.79 Å². The van der Waals surface area contributed by atoms with Crippen molar-refractivity contribution in [2.24, 2.45) is 5.92 Å². The van der Waals surface area contributed by atoms with Gasteiger partial charge in [0, 0.05) is 12.6 Å². The summed E-state index contributed by atoms with van der Waals surface area (Å²) in [7, 11) is 1.73. The minimum Gasteiger partial charge on any atom is -0.491 e. The summed E-state index contributed by atoms with van der Waals surface area (Å²) in [6, 6.07) is 5.44. The number of aliphatic hydroxyl groups is 1. The lowest BCUT2D eigenvalue weighted by atomic mass is 10.0. The van der Waals surface area contributed by atoms with Gasteiger partial charge in [0.15, 0.2) is 5.60 Å². The topological polar surface area (TPSA) is 59.0 Å². The van der Waals surface area contributed by atoms with E-state index in [1.54, 1.807) is 18.0 Å². The third-order valence-electron chi connectivity index (χ3n) is 3.68. The lowest BCUT2D eigenvalue weighted by molar-refractivity contribution is -0.140. The lowest BCUT2D eigenvalue weighted by Gasteiger charge is -2.30. The third kappa shape index (κ3) is 2.60. The number of nitrogens with zero attached hydrogens (tertiary/aromatic N) is 1. The highest BCUT2D eigenvalue weighted by atomic mass is 16.5. The van der Waals surface area contributed by atoms with Crippen molar-refractivity contribution in [3.63, 3.8) is 0 Å². The van der Waals surface area contributed by atoms with Crippen LogP contribution in [0.15, 0.2) is 18.2 Å². The molecule has 0 bridgehead atoms. The highest BCUT2D eigenvalue weighted by molar-refractivity contribution is 5.96. The number of carbonyl (C=O) groups is 1. The Morgan fingerprint density at radius 1 is 1.43 bits per heavy atom. The fourth-order valence-electron chi connectivity index (χ4n) is 2.27. The first-order chi connectivity index (χ1) is 9.98. The predicted molar refractivity (Wildman–Crippen MR) is 77.2 cm³/mol. The van der Waals surface area contributed by atoms with Crippen molar-refractivity contribution >= 4 is 11.6 Å². The van der Waals surface area contributed by atoms with Crippen molar-refractivity contribution in [2.75, 3.05) is 31.8 Å². The van der Waals surface area contributed by atoms with Crippen molar-refractivity contribution in [2.45, 2.75) is 12.5 Å². The number of anilines is 1. The molecule has 5 nitrogen and oxygen atoms in total. The van der Waals surface area contributed by atoms with Crippen LogP contribution in [-0.2, 0) is 9.53 Å². The van der Waals surface area contributed by atoms with E-state index >= 15 is 0 Å². The van der Waals surface area contributed by atoms with Gasteiger partial charge in [-0.15, -0.1) is 0 Å². The van der Waals surface area contributed by atoms with Crippen LogP contribution in [0.5, 0.6) is 5.75 Å². The van der Waals surface area contributed by atoms with Gasteiger partial charge in [-0.05, 0) is 18.2 Å². The molecule has 1 fully saturated rings. The largest absolute Gasteiger partial charge is 0.491 e. The molecule has 110 valence electrons. The summed E-state index contributed by atoms with van der Waals surface area (Å²) in [6.45, 7) is 2.70. The van der Waals surface area contributed by atoms with Crippen LogP contribution in [0.1, 0.15) is 12.5 Å². The van der Waals surface area contributed by atoms with E-state index in [0.717, 1.165) is 5.56 Å². The number of benzene rings is 1. The summed E-state index contributed by atoms with van der Waals surface area (Å²) in [4.78, 5) is 13.7. The Bertz CT molecular complexity index is 639. The molecule has 0 radical (unpaired) electrons. The quantitative estimate of drug-likeness (QED) is 0.717. The summed E-state index contributed by atoms with van der Waals surface area (Å²) < 4.78 is 10.6. The SMILES string of the molecule is C[C@H]1COc2ccc(C#CC3(O)COC3)cc2N(C)C1=O. The van der Waals surface area contributed by atoms with Crippen LogP contribution < -0.4 is 9.64 Å². The third-order valence-corrected chi connectivity index (χ3v) is 3.68. The maximum atomic E-state index is 12.1. The normalized spacial score (nSPS) is 23.1. The molecule has 0 aliphatic carbocycles. The second kappa shape index (κ2) is 5.06. The molecule has 1 saturated heterocycles. The molecule has 1 aromatic carbocycles. The van der Waals surface area contributed by atoms with Gasteiger partial charge in [0.05, 0.1) is 31.4 Å². The minimum absolute atomic E-state index is 0.0184. The number of rotatable bonds is 0. The van der Waals surface area contributed by atoms with E-state index in [1.165, 1.54) is 0 Å². The van der Waals surface area contributed by atoms with Crippen molar-refractivity contribution in [1.29, 1.82) is 0 Å². The Kier molecular flexibility index (Phi) is 3.36. The molecule has 1 atom stereocenters. The molecule has 2 aliphatic rings. The first-order valence-corrected chi connectivity index (χ1v) is 6.86. The molecule has 21 heavy (non-hydrogen) atoms. The van der Waals surface area contributed by atoms with E-state index < -0.39 is 5.60 Å². The Labute approximate surface area is 123 Å². The molecule has 2 heterocycles. The van der Waals surface area contributed by atoms with E-state index in [9.17, 15) is 9.90 Å². The summed E-state index contributed by atoms with van der Waals surface area (Å²) in [6.07, 6.45) is 0. The number of hydrogen-bond donors (Lipinski definition) is 1. The van der Waals surface area contributed by atoms with Crippen molar-refractivity contribution < 1.29 is 19.4 Å². The monoisotopic (exact) mass is 287 g/mol. The van der Waals surface area contributed by atoms with Gasteiger partial charge >= 0.3 is 0 Å². The molecular weight excluding hydrogens is 270 g/mol. The van der Waals surface area contributed by atoms with E-state index in [-0.39, 0.29) is 25.0 Å². The standard InChI is InChI=1S/C16H17NO4/c1-11-8-21-14-4-3-12(5-6-16(19)9-20-10-16)7-13(14)17(2)15(11)18/h3-4,7,11,19H,8-10H2,1-2H3/t11-/m0/s1. The molecular formula is C16H17NO4. The second-order valence-corrected chi connectivity index (χ2v) is 5.57. The van der Waals surface area contributed by atoms with Crippen LogP contribution in [0.2, 0.25) is 0 Å². The summed E-state index contributed by atoms with van der Waals surface area (Å²) in [5.41, 5.74) is 0.388. The Morgan fingerprint density at radius 3 is 2.86 bits per heavy atom. The summed E-state index contributed by atoms with van der Waals surface area (Å²) >= 11 is 0. The first-order valence-electron chi connectivity index (χ1n) is 6.86. The van der Waals surface area contributed by atoms with Gasteiger partial charge < -0.3 is 19.5 Å². The lowest BCUT2D eigenvalue weighted by Crippen LogP contribution is -2.48. The van der Waals surface area contributed by atoms with E-state index in [1.807, 2.05) is 19.1 Å². The summed E-state index contributed by atoms with van der Waals surface area (Å²) in [5.74, 6) is 6.25. The average Bonchev–Trinajstić information content (AvgIpc) is 2.56. The van der Waals surface area contributed by atoms with E-state index in [4.69, 9.17) is 9.47 Å². The number of carbonyl (C=O) groups excluding carboxylic acids is 1. The second-order valence-electron chi connectivity index (χ2n) is 5.57. The average molecular weight is 287 g/mol. The zero-order valence-electron chi connectivity index (χ0n) is 12.0. The summed E-state index contributed by atoms with van der Waals surface area (Å²) in [5, 5.41) is 9.90. The Hall–Kier alpha value is -2.03. The first kappa shape index (κ1) is 13.9. The smallest absolute Gasteiger partial charge is 0.233 e. The van der Waals surface area contributed by atoms with Crippen LogP contribution in [-0.4, -0.2) is 43.5 Å². The maximum Gasteiger partial charge on any atom is 0.233 e. The van der Waals surface area contributed by atoms with Crippen LogP contribution in [0, 0.1) is 17.8 Å². The molecule has 5 heteroatoms. The Morgan fingerprint density at radius 2 is 2.19 bits per heavy atom. The molecule has 0 unspecified atom stereocenters. The number of ether oxygens (including phenoxy) is 2. The van der Waals surface area contributed by atoms with Gasteiger partial charge in [0.2, 0.25) is 5.91 Å². The van der Waals surface area contributed by atoms with E-state index in [0.29, 0.717) is 18.0 Å². The van der Waals surface area contributed by atoms with E-state index in [2.05, 4.69) is 11.8 Å². The van der Waals surface area contributed by atoms with Crippen molar-refractivity contribution in [3.05, 3.63) is 23.8 Å². The zero-order chi connectivity index (χ0) is 15.0. The molecule has 3 rings (SSSR count). The molecule has 0 spiro atoms. The van der Waals surface area contributed by atoms with Crippen LogP contribution in [0.3, 0.4) is 0 Å². The maximum absolute atomic E-state index is 12.1. The Balaban J connectivity index is 1.92. The minimum atomic E-state index is -1.04.